The number of aromatic nitrogens is 1. The molecule has 0 bridgehead atoms. The number of para-hydroxylation sites is 2. The summed E-state index contributed by atoms with van der Waals surface area (Å²) in [6.45, 7) is 18.6. The molecule has 0 radical (unpaired) electrons. The molecule has 2 aliphatic rings. The van der Waals surface area contributed by atoms with Gasteiger partial charge in [-0.1, -0.05) is 36.4 Å². The fourth-order valence-corrected chi connectivity index (χ4v) is 6.25. The van der Waals surface area contributed by atoms with Crippen LogP contribution in [0.1, 0.15) is 55.4 Å². The van der Waals surface area contributed by atoms with Gasteiger partial charge in [0.25, 0.3) is 0 Å². The number of hydrogen-bond acceptors (Lipinski definition) is 3. The summed E-state index contributed by atoms with van der Waals surface area (Å²) in [5.74, 6) is 1.08. The van der Waals surface area contributed by atoms with E-state index in [0.29, 0.717) is 0 Å². The normalized spacial score (nSPS) is 21.5. The van der Waals surface area contributed by atoms with Gasteiger partial charge in [0, 0.05) is 22.1 Å². The van der Waals surface area contributed by atoms with Gasteiger partial charge in [-0.3, -0.25) is 0 Å². The van der Waals surface area contributed by atoms with Gasteiger partial charge in [-0.25, -0.2) is 4.99 Å². The number of rotatable bonds is 2. The summed E-state index contributed by atoms with van der Waals surface area (Å²) in [6.07, 6.45) is 0. The van der Waals surface area contributed by atoms with Crippen LogP contribution in [0.15, 0.2) is 77.8 Å². The van der Waals surface area contributed by atoms with E-state index in [1.54, 1.807) is 0 Å². The summed E-state index contributed by atoms with van der Waals surface area (Å²) >= 11 is 0. The first-order valence-electron chi connectivity index (χ1n) is 12.7. The maximum Gasteiger partial charge on any atom is 0.203 e. The van der Waals surface area contributed by atoms with E-state index in [4.69, 9.17) is 4.99 Å². The molecule has 4 nitrogen and oxygen atoms in total. The Bertz CT molecular complexity index is 1500. The van der Waals surface area contributed by atoms with Crippen molar-refractivity contribution in [1.29, 1.82) is 0 Å². The summed E-state index contributed by atoms with van der Waals surface area (Å²) in [5, 5.41) is 2.54. The molecule has 0 spiro atoms. The van der Waals surface area contributed by atoms with Gasteiger partial charge in [0.15, 0.2) is 0 Å². The zero-order valence-corrected chi connectivity index (χ0v) is 22.2. The van der Waals surface area contributed by atoms with Crippen LogP contribution in [-0.2, 0) is 0 Å². The lowest BCUT2D eigenvalue weighted by atomic mass is 9.76. The van der Waals surface area contributed by atoms with Crippen LogP contribution in [0.3, 0.4) is 0 Å². The highest BCUT2D eigenvalue weighted by Gasteiger charge is 2.65. The number of fused-ring (bicyclic) bond motifs is 4. The molecular formula is C31H36N4. The SMILES string of the molecule is CC1(C)N=C2N(c3ccc4c(c3)c3ccccc3n4-c3ccccc3)C(C)(C)C(C)(C)N2C1(C)C. The highest BCUT2D eigenvalue weighted by atomic mass is 15.6. The van der Waals surface area contributed by atoms with E-state index in [1.165, 1.54) is 33.2 Å². The first-order chi connectivity index (χ1) is 16.4. The number of anilines is 1. The van der Waals surface area contributed by atoms with Crippen molar-refractivity contribution in [3.63, 3.8) is 0 Å². The second kappa shape index (κ2) is 6.69. The van der Waals surface area contributed by atoms with Gasteiger partial charge in [0.1, 0.15) is 0 Å². The molecule has 0 atom stereocenters. The zero-order valence-electron chi connectivity index (χ0n) is 22.2. The molecule has 1 fully saturated rings. The maximum atomic E-state index is 5.34. The van der Waals surface area contributed by atoms with Gasteiger partial charge < -0.3 is 14.4 Å². The third kappa shape index (κ3) is 2.66. The van der Waals surface area contributed by atoms with Crippen LogP contribution in [0.2, 0.25) is 0 Å². The fourth-order valence-electron chi connectivity index (χ4n) is 6.25. The molecule has 180 valence electrons. The fraction of sp³-hybridized carbons (Fsp3) is 0.387. The predicted molar refractivity (Wildman–Crippen MR) is 149 cm³/mol. The number of benzene rings is 3. The van der Waals surface area contributed by atoms with E-state index in [1.807, 2.05) is 0 Å². The summed E-state index contributed by atoms with van der Waals surface area (Å²) in [6, 6.07) is 26.3. The molecule has 1 saturated heterocycles. The van der Waals surface area contributed by atoms with Crippen molar-refractivity contribution in [2.45, 2.75) is 77.5 Å². The van der Waals surface area contributed by atoms with E-state index in [2.05, 4.69) is 143 Å². The summed E-state index contributed by atoms with van der Waals surface area (Å²) in [7, 11) is 0. The van der Waals surface area contributed by atoms with Crippen LogP contribution in [0.25, 0.3) is 27.5 Å². The quantitative estimate of drug-likeness (QED) is 0.309. The lowest BCUT2D eigenvalue weighted by molar-refractivity contribution is 0.0529. The minimum atomic E-state index is -0.179. The van der Waals surface area contributed by atoms with Crippen LogP contribution >= 0.6 is 0 Å². The van der Waals surface area contributed by atoms with Crippen LogP contribution in [-0.4, -0.2) is 37.6 Å². The van der Waals surface area contributed by atoms with E-state index in [0.717, 1.165) is 5.96 Å². The summed E-state index contributed by atoms with van der Waals surface area (Å²) < 4.78 is 2.37. The third-order valence-electron chi connectivity index (χ3n) is 9.38. The van der Waals surface area contributed by atoms with Crippen molar-refractivity contribution in [3.05, 3.63) is 72.8 Å². The van der Waals surface area contributed by atoms with Crippen molar-refractivity contribution >= 4 is 33.5 Å². The Kier molecular flexibility index (Phi) is 4.24. The lowest BCUT2D eigenvalue weighted by Crippen LogP contribution is -2.62. The van der Waals surface area contributed by atoms with E-state index in [9.17, 15) is 0 Å². The van der Waals surface area contributed by atoms with Crippen LogP contribution < -0.4 is 4.90 Å². The molecule has 3 aromatic carbocycles. The second-order valence-electron chi connectivity index (χ2n) is 12.2. The van der Waals surface area contributed by atoms with Gasteiger partial charge in [0.05, 0.1) is 33.2 Å². The second-order valence-corrected chi connectivity index (χ2v) is 12.2. The van der Waals surface area contributed by atoms with Crippen LogP contribution in [0, 0.1) is 0 Å². The monoisotopic (exact) mass is 464 g/mol. The molecule has 4 aromatic rings. The van der Waals surface area contributed by atoms with Crippen LogP contribution in [0.4, 0.5) is 5.69 Å². The Morgan fingerprint density at radius 3 is 1.91 bits per heavy atom. The largest absolute Gasteiger partial charge is 0.327 e. The molecule has 35 heavy (non-hydrogen) atoms. The highest BCUT2D eigenvalue weighted by molar-refractivity contribution is 6.12. The summed E-state index contributed by atoms with van der Waals surface area (Å²) in [4.78, 5) is 10.4. The Labute approximate surface area is 208 Å². The molecule has 2 aliphatic heterocycles. The van der Waals surface area contributed by atoms with Gasteiger partial charge in [-0.2, -0.15) is 0 Å². The van der Waals surface area contributed by atoms with Crippen molar-refractivity contribution in [1.82, 2.24) is 9.47 Å². The number of hydrogen-bond donors (Lipinski definition) is 0. The van der Waals surface area contributed by atoms with Gasteiger partial charge >= 0.3 is 0 Å². The first-order valence-corrected chi connectivity index (χ1v) is 12.7. The first kappa shape index (κ1) is 22.2. The molecule has 4 heteroatoms. The number of guanidine groups is 1. The molecule has 0 N–H and O–H groups in total. The highest BCUT2D eigenvalue weighted by Crippen LogP contribution is 2.54. The minimum Gasteiger partial charge on any atom is -0.327 e. The third-order valence-corrected chi connectivity index (χ3v) is 9.38. The van der Waals surface area contributed by atoms with E-state index in [-0.39, 0.29) is 22.2 Å². The molecule has 0 unspecified atom stereocenters. The van der Waals surface area contributed by atoms with Crippen LogP contribution in [0.5, 0.6) is 0 Å². The van der Waals surface area contributed by atoms with E-state index < -0.39 is 0 Å². The zero-order chi connectivity index (χ0) is 25.0. The Hall–Kier alpha value is -3.27. The smallest absolute Gasteiger partial charge is 0.203 e. The Morgan fingerprint density at radius 1 is 0.571 bits per heavy atom. The number of aliphatic imine (C=N–C) groups is 1. The minimum absolute atomic E-state index is 0.0920. The summed E-state index contributed by atoms with van der Waals surface area (Å²) in [5.41, 5.74) is 4.32. The Morgan fingerprint density at radius 2 is 1.20 bits per heavy atom. The van der Waals surface area contributed by atoms with Crippen molar-refractivity contribution in [2.75, 3.05) is 4.90 Å². The standard InChI is InChI=1S/C31H36N4/c1-28(2)29(3,4)35-27(32-28)34(30(5,6)31(35,7)8)22-18-19-26-24(20-22)23-16-12-13-17-25(23)33(26)21-14-10-9-11-15-21/h9-20H,1-8H3. The van der Waals surface area contributed by atoms with Crippen molar-refractivity contribution in [3.8, 4) is 5.69 Å². The average Bonchev–Trinajstić information content (AvgIpc) is 3.27. The molecule has 0 aliphatic carbocycles. The lowest BCUT2D eigenvalue weighted by Gasteiger charge is -2.50. The predicted octanol–water partition coefficient (Wildman–Crippen LogP) is 7.39. The molecule has 3 heterocycles. The van der Waals surface area contributed by atoms with E-state index >= 15 is 0 Å². The molecule has 6 rings (SSSR count). The van der Waals surface area contributed by atoms with Gasteiger partial charge in [-0.15, -0.1) is 0 Å². The molecular weight excluding hydrogens is 428 g/mol. The molecule has 1 aromatic heterocycles. The average molecular weight is 465 g/mol. The molecule has 0 amide bonds. The van der Waals surface area contributed by atoms with Gasteiger partial charge in [-0.05, 0) is 91.8 Å². The Balaban J connectivity index is 1.61. The van der Waals surface area contributed by atoms with Gasteiger partial charge in [0.2, 0.25) is 5.96 Å². The van der Waals surface area contributed by atoms with Crippen molar-refractivity contribution < 1.29 is 0 Å². The topological polar surface area (TPSA) is 23.8 Å². The van der Waals surface area contributed by atoms with Crippen molar-refractivity contribution in [2.24, 2.45) is 4.99 Å². The maximum absolute atomic E-state index is 5.34. The number of nitrogens with zero attached hydrogens (tertiary/aromatic N) is 4. The molecule has 0 saturated carbocycles.